The first-order valence-corrected chi connectivity index (χ1v) is 9.15. The normalized spacial score (nSPS) is 13.5. The Hall–Kier alpha value is -1.35. The predicted molar refractivity (Wildman–Crippen MR) is 73.8 cm³/mol. The summed E-state index contributed by atoms with van der Waals surface area (Å²) in [6, 6.07) is 0. The minimum atomic E-state index is -6.72. The van der Waals surface area contributed by atoms with E-state index in [2.05, 4.69) is 41.7 Å². The number of aryl methyl sites for hydroxylation is 1. The first-order chi connectivity index (χ1) is 10.9. The fourth-order valence-electron chi connectivity index (χ4n) is 1.25. The van der Waals surface area contributed by atoms with Gasteiger partial charge in [0.1, 0.15) is 12.4 Å². The number of imidazole rings is 1. The van der Waals surface area contributed by atoms with Crippen LogP contribution in [0.1, 0.15) is 13.8 Å². The van der Waals surface area contributed by atoms with E-state index in [0.29, 0.717) is 0 Å². The van der Waals surface area contributed by atoms with Gasteiger partial charge in [0.15, 0.2) is 20.0 Å². The Morgan fingerprint density at radius 3 is 1.64 bits per heavy atom. The summed E-state index contributed by atoms with van der Waals surface area (Å²) in [7, 11) is -11.4. The van der Waals surface area contributed by atoms with Crippen molar-refractivity contribution in [1.82, 2.24) is 4.57 Å². The lowest BCUT2D eigenvalue weighted by Gasteiger charge is -2.22. The number of hydrogen-bond acceptors (Lipinski definition) is 4. The van der Waals surface area contributed by atoms with Crippen LogP contribution in [0.4, 0.5) is 26.3 Å². The Morgan fingerprint density at radius 1 is 1.00 bits per heavy atom. The van der Waals surface area contributed by atoms with Crippen LogP contribution in [0.5, 0.6) is 0 Å². The highest BCUT2D eigenvalue weighted by Gasteiger charge is 2.46. The molecule has 148 valence electrons. The first kappa shape index (κ1) is 23.6. The molecule has 0 aliphatic rings. The van der Waals surface area contributed by atoms with E-state index in [-0.39, 0.29) is 0 Å². The van der Waals surface area contributed by atoms with E-state index < -0.39 is 31.1 Å². The molecule has 0 aliphatic heterocycles. The summed E-state index contributed by atoms with van der Waals surface area (Å²) in [5, 5.41) is 0. The van der Waals surface area contributed by atoms with Gasteiger partial charge in [-0.25, -0.2) is 26.0 Å². The fraction of sp³-hybridized carbons (Fsp3) is 0.700. The summed E-state index contributed by atoms with van der Waals surface area (Å²) in [5.74, 6) is 0.729. The van der Waals surface area contributed by atoms with Crippen LogP contribution >= 0.6 is 0 Å². The molecule has 0 saturated heterocycles. The summed E-state index contributed by atoms with van der Waals surface area (Å²) in [6.45, 7) is 5.56. The third-order valence-electron chi connectivity index (χ3n) is 2.18. The van der Waals surface area contributed by atoms with Crippen LogP contribution in [0.3, 0.4) is 0 Å². The maximum atomic E-state index is 11.4. The maximum absolute atomic E-state index is 11.4. The second kappa shape index (κ2) is 7.90. The van der Waals surface area contributed by atoms with Crippen LogP contribution in [0.15, 0.2) is 18.7 Å². The van der Waals surface area contributed by atoms with Crippen molar-refractivity contribution in [1.29, 1.82) is 0 Å². The van der Waals surface area contributed by atoms with Crippen LogP contribution in [0, 0.1) is 5.92 Å². The zero-order chi connectivity index (χ0) is 20.3. The van der Waals surface area contributed by atoms with Crippen molar-refractivity contribution in [2.45, 2.75) is 31.4 Å². The molecule has 0 amide bonds. The average molecular weight is 419 g/mol. The number of rotatable bonds is 4. The number of aromatic nitrogens is 2. The second-order valence-corrected chi connectivity index (χ2v) is 8.51. The lowest BCUT2D eigenvalue weighted by molar-refractivity contribution is -0.671. The molecule has 0 atom stereocenters. The Bertz CT molecular complexity index is 723. The molecule has 1 aromatic rings. The lowest BCUT2D eigenvalue weighted by Crippen LogP contribution is -2.30. The Kier molecular flexibility index (Phi) is 7.48. The van der Waals surface area contributed by atoms with Gasteiger partial charge in [0.05, 0.1) is 13.6 Å². The molecule has 0 unspecified atom stereocenters. The molecular formula is C10H15F6N3O4S2. The number of nitrogens with zero attached hydrogens (tertiary/aromatic N) is 3. The zero-order valence-electron chi connectivity index (χ0n) is 13.1. The minimum absolute atomic E-state index is 0.729. The fourth-order valence-corrected chi connectivity index (χ4v) is 2.95. The predicted octanol–water partition coefficient (Wildman–Crippen LogP) is 2.03. The topological polar surface area (TPSA) is 91.2 Å². The molecule has 0 aliphatic carbocycles. The van der Waals surface area contributed by atoms with E-state index in [0.717, 1.165) is 16.6 Å². The molecule has 25 heavy (non-hydrogen) atoms. The molecule has 0 fully saturated rings. The van der Waals surface area contributed by atoms with Crippen molar-refractivity contribution >= 4 is 20.0 Å². The van der Waals surface area contributed by atoms with Crippen molar-refractivity contribution in [3.05, 3.63) is 22.8 Å². The quantitative estimate of drug-likeness (QED) is 0.552. The molecule has 0 radical (unpaired) electrons. The molecular weight excluding hydrogens is 404 g/mol. The van der Waals surface area contributed by atoms with Gasteiger partial charge >= 0.3 is 11.0 Å². The summed E-state index contributed by atoms with van der Waals surface area (Å²) >= 11 is 0. The van der Waals surface area contributed by atoms with E-state index >= 15 is 0 Å². The number of sulfonamides is 2. The number of hydrogen-bond donors (Lipinski definition) is 0. The third kappa shape index (κ3) is 7.60. The first-order valence-electron chi connectivity index (χ1n) is 6.27. The van der Waals surface area contributed by atoms with E-state index in [1.54, 1.807) is 0 Å². The van der Waals surface area contributed by atoms with Gasteiger partial charge < -0.3 is 4.13 Å². The van der Waals surface area contributed by atoms with Gasteiger partial charge in [-0.1, -0.05) is 13.8 Å². The van der Waals surface area contributed by atoms with Gasteiger partial charge in [-0.2, -0.15) is 26.3 Å². The highest BCUT2D eigenvalue weighted by Crippen LogP contribution is 2.36. The molecule has 1 aromatic heterocycles. The summed E-state index contributed by atoms with van der Waals surface area (Å²) in [5.41, 5.74) is -12.4. The Labute approximate surface area is 140 Å². The van der Waals surface area contributed by atoms with Crippen LogP contribution < -0.4 is 4.57 Å². The SMILES string of the molecule is CC(C)Cn1cc[n+](C)c1.O=S(=O)([N-]S(=O)(=O)C(F)(F)F)C(F)(F)F. The molecule has 0 aromatic carbocycles. The lowest BCUT2D eigenvalue weighted by atomic mass is 10.2. The molecule has 15 heteroatoms. The Morgan fingerprint density at radius 2 is 1.40 bits per heavy atom. The highest BCUT2D eigenvalue weighted by atomic mass is 32.3. The van der Waals surface area contributed by atoms with Gasteiger partial charge in [0.25, 0.3) is 0 Å². The number of halogens is 6. The standard InChI is InChI=1S/C8H15N2.C2F6NO4S2/c1-8(2)6-10-5-4-9(3)7-10;3-1(4,5)14(10,11)9-15(12,13)2(6,7)8/h4-5,7-8H,6H2,1-3H3;/q+1;-1. The molecule has 0 spiro atoms. The van der Waals surface area contributed by atoms with Crippen molar-refractivity contribution in [2.24, 2.45) is 13.0 Å². The van der Waals surface area contributed by atoms with E-state index in [4.69, 9.17) is 0 Å². The van der Waals surface area contributed by atoms with E-state index in [1.165, 1.54) is 0 Å². The van der Waals surface area contributed by atoms with Gasteiger partial charge in [-0.15, -0.1) is 0 Å². The molecule has 1 heterocycles. The van der Waals surface area contributed by atoms with Crippen LogP contribution in [-0.2, 0) is 33.6 Å². The highest BCUT2D eigenvalue weighted by molar-refractivity contribution is 8.13. The number of alkyl halides is 6. The van der Waals surface area contributed by atoms with Crippen molar-refractivity contribution in [2.75, 3.05) is 0 Å². The maximum Gasteiger partial charge on any atom is 0.480 e. The Balaban J connectivity index is 0.000000496. The van der Waals surface area contributed by atoms with E-state index in [1.807, 2.05) is 7.05 Å². The van der Waals surface area contributed by atoms with Gasteiger partial charge in [-0.05, 0) is 5.92 Å². The van der Waals surface area contributed by atoms with Crippen LogP contribution in [0.2, 0.25) is 0 Å². The molecule has 0 saturated carbocycles. The molecule has 7 nitrogen and oxygen atoms in total. The molecule has 0 bridgehead atoms. The summed E-state index contributed by atoms with van der Waals surface area (Å²) in [6.07, 6.45) is 6.25. The van der Waals surface area contributed by atoms with Gasteiger partial charge in [-0.3, -0.25) is 0 Å². The minimum Gasteiger partial charge on any atom is -0.421 e. The monoisotopic (exact) mass is 419 g/mol. The molecule has 1 rings (SSSR count). The summed E-state index contributed by atoms with van der Waals surface area (Å²) in [4.78, 5) is 0. The summed E-state index contributed by atoms with van der Waals surface area (Å²) < 4.78 is 113. The van der Waals surface area contributed by atoms with Crippen LogP contribution in [-0.4, -0.2) is 32.4 Å². The zero-order valence-corrected chi connectivity index (χ0v) is 14.7. The average Bonchev–Trinajstić information content (AvgIpc) is 2.70. The second-order valence-electron chi connectivity index (χ2n) is 5.09. The van der Waals surface area contributed by atoms with Gasteiger partial charge in [0.2, 0.25) is 6.33 Å². The van der Waals surface area contributed by atoms with Crippen molar-refractivity contribution < 1.29 is 47.7 Å². The van der Waals surface area contributed by atoms with Crippen molar-refractivity contribution in [3.63, 3.8) is 0 Å². The smallest absolute Gasteiger partial charge is 0.421 e. The van der Waals surface area contributed by atoms with Crippen LogP contribution in [0.25, 0.3) is 4.13 Å². The van der Waals surface area contributed by atoms with Gasteiger partial charge in [0, 0.05) is 0 Å². The van der Waals surface area contributed by atoms with E-state index in [9.17, 15) is 43.2 Å². The largest absolute Gasteiger partial charge is 0.480 e. The van der Waals surface area contributed by atoms with Crippen molar-refractivity contribution in [3.8, 4) is 0 Å². The third-order valence-corrected chi connectivity index (χ3v) is 4.92. The molecule has 0 N–H and O–H groups in total.